The molecule has 2 rings (SSSR count). The predicted molar refractivity (Wildman–Crippen MR) is 108 cm³/mol. The van der Waals surface area contributed by atoms with Gasteiger partial charge >= 0.3 is 5.97 Å². The van der Waals surface area contributed by atoms with Crippen molar-refractivity contribution in [2.75, 3.05) is 11.9 Å². The molecule has 0 aliphatic rings. The molecule has 1 atom stereocenters. The van der Waals surface area contributed by atoms with Crippen LogP contribution >= 0.6 is 23.2 Å². The highest BCUT2D eigenvalue weighted by atomic mass is 35.5. The summed E-state index contributed by atoms with van der Waals surface area (Å²) in [5.74, 6) is -0.799. The summed E-state index contributed by atoms with van der Waals surface area (Å²) in [5, 5.41) is 3.03. The van der Waals surface area contributed by atoms with Crippen molar-refractivity contribution >= 4 is 50.8 Å². The molecule has 0 bridgehead atoms. The molecule has 0 fully saturated rings. The molecule has 1 amide bonds. The van der Waals surface area contributed by atoms with Gasteiger partial charge in [0.25, 0.3) is 15.9 Å². The maximum Gasteiger partial charge on any atom is 0.307 e. The summed E-state index contributed by atoms with van der Waals surface area (Å²) in [4.78, 5) is 28.0. The summed E-state index contributed by atoms with van der Waals surface area (Å²) in [5.41, 5.74) is 0.322. The maximum atomic E-state index is 12.1. The topological polar surface area (TPSA) is 119 Å². The maximum absolute atomic E-state index is 12.1. The highest BCUT2D eigenvalue weighted by Crippen LogP contribution is 2.25. The summed E-state index contributed by atoms with van der Waals surface area (Å²) in [6.45, 7) is 2.85. The highest BCUT2D eigenvalue weighted by Gasteiger charge is 2.21. The van der Waals surface area contributed by atoms with Crippen LogP contribution in [-0.2, 0) is 31.4 Å². The van der Waals surface area contributed by atoms with Gasteiger partial charge in [0.05, 0.1) is 17.1 Å². The largest absolute Gasteiger partial charge is 0.452 e. The summed E-state index contributed by atoms with van der Waals surface area (Å²) < 4.78 is 33.1. The standard InChI is InChI=1S/C17H20Cl2N4O5S/c1-10(17(25)22-14-5-4-12(18)8-13(14)19)28-16(24)6-7-20-29(26,27)15-9-23(3)11(2)21-15/h4-5,8-10,20H,6-7H2,1-3H3,(H,22,25). The van der Waals surface area contributed by atoms with Crippen LogP contribution < -0.4 is 10.0 Å². The fraction of sp³-hybridized carbons (Fsp3) is 0.353. The SMILES string of the molecule is Cc1nc(S(=O)(=O)NCCC(=O)OC(C)C(=O)Nc2ccc(Cl)cc2Cl)cn1C. The van der Waals surface area contributed by atoms with E-state index in [4.69, 9.17) is 27.9 Å². The molecule has 2 N–H and O–H groups in total. The Bertz CT molecular complexity index is 1000. The van der Waals surface area contributed by atoms with E-state index in [1.807, 2.05) is 0 Å². The van der Waals surface area contributed by atoms with Crippen molar-refractivity contribution < 1.29 is 22.7 Å². The van der Waals surface area contributed by atoms with Crippen molar-refractivity contribution in [1.29, 1.82) is 0 Å². The van der Waals surface area contributed by atoms with E-state index in [2.05, 4.69) is 15.0 Å². The average molecular weight is 463 g/mol. The van der Waals surface area contributed by atoms with E-state index in [-0.39, 0.29) is 23.0 Å². The molecule has 0 spiro atoms. The van der Waals surface area contributed by atoms with Gasteiger partial charge in [-0.1, -0.05) is 23.2 Å². The second kappa shape index (κ2) is 9.57. The number of nitrogens with zero attached hydrogens (tertiary/aromatic N) is 2. The molecule has 1 unspecified atom stereocenters. The van der Waals surface area contributed by atoms with E-state index in [0.29, 0.717) is 16.5 Å². The second-order valence-electron chi connectivity index (χ2n) is 6.13. The van der Waals surface area contributed by atoms with Gasteiger partial charge in [-0.15, -0.1) is 0 Å². The zero-order valence-corrected chi connectivity index (χ0v) is 18.2. The zero-order valence-electron chi connectivity index (χ0n) is 15.9. The monoisotopic (exact) mass is 462 g/mol. The highest BCUT2D eigenvalue weighted by molar-refractivity contribution is 7.89. The lowest BCUT2D eigenvalue weighted by molar-refractivity contribution is -0.152. The van der Waals surface area contributed by atoms with Crippen LogP contribution in [-0.4, -0.2) is 42.5 Å². The molecule has 2 aromatic rings. The first-order valence-corrected chi connectivity index (χ1v) is 10.7. The summed E-state index contributed by atoms with van der Waals surface area (Å²) >= 11 is 11.8. The fourth-order valence-electron chi connectivity index (χ4n) is 2.15. The number of aryl methyl sites for hydroxylation is 2. The minimum absolute atomic E-state index is 0.140. The van der Waals surface area contributed by atoms with Gasteiger partial charge in [-0.2, -0.15) is 0 Å². The molecule has 9 nitrogen and oxygen atoms in total. The number of benzene rings is 1. The quantitative estimate of drug-likeness (QED) is 0.580. The number of imidazole rings is 1. The van der Waals surface area contributed by atoms with Crippen LogP contribution in [0.25, 0.3) is 0 Å². The molecule has 29 heavy (non-hydrogen) atoms. The Hall–Kier alpha value is -2.14. The third-order valence-electron chi connectivity index (χ3n) is 3.85. The van der Waals surface area contributed by atoms with Crippen LogP contribution in [0.5, 0.6) is 0 Å². The van der Waals surface area contributed by atoms with Gasteiger partial charge < -0.3 is 14.6 Å². The number of ether oxygens (including phenoxy) is 1. The van der Waals surface area contributed by atoms with Crippen molar-refractivity contribution in [2.24, 2.45) is 7.05 Å². The van der Waals surface area contributed by atoms with Crippen molar-refractivity contribution in [3.8, 4) is 0 Å². The predicted octanol–water partition coefficient (Wildman–Crippen LogP) is 2.27. The molecule has 1 heterocycles. The molecule has 1 aromatic heterocycles. The van der Waals surface area contributed by atoms with E-state index >= 15 is 0 Å². The Morgan fingerprint density at radius 3 is 2.59 bits per heavy atom. The average Bonchev–Trinajstić information content (AvgIpc) is 2.97. The van der Waals surface area contributed by atoms with Gasteiger partial charge in [0.15, 0.2) is 11.1 Å². The second-order valence-corrected chi connectivity index (χ2v) is 8.69. The number of carbonyl (C=O) groups is 2. The summed E-state index contributed by atoms with van der Waals surface area (Å²) in [7, 11) is -2.18. The molecule has 12 heteroatoms. The number of aromatic nitrogens is 2. The van der Waals surface area contributed by atoms with Crippen LogP contribution in [0, 0.1) is 6.92 Å². The molecular formula is C17H20Cl2N4O5S. The molecular weight excluding hydrogens is 443 g/mol. The molecule has 158 valence electrons. The molecule has 0 saturated carbocycles. The molecule has 0 saturated heterocycles. The van der Waals surface area contributed by atoms with Gasteiger partial charge in [0.2, 0.25) is 0 Å². The van der Waals surface area contributed by atoms with Crippen molar-refractivity contribution in [2.45, 2.75) is 31.4 Å². The normalized spacial score (nSPS) is 12.4. The third-order valence-corrected chi connectivity index (χ3v) is 5.73. The first-order chi connectivity index (χ1) is 13.5. The number of amides is 1. The van der Waals surface area contributed by atoms with Gasteiger partial charge in [0, 0.05) is 24.8 Å². The van der Waals surface area contributed by atoms with Gasteiger partial charge in [-0.3, -0.25) is 9.59 Å². The van der Waals surface area contributed by atoms with E-state index < -0.39 is 28.0 Å². The number of halogens is 2. The Balaban J connectivity index is 1.82. The Morgan fingerprint density at radius 2 is 2.00 bits per heavy atom. The number of carbonyl (C=O) groups excluding carboxylic acids is 2. The van der Waals surface area contributed by atoms with Crippen LogP contribution in [0.4, 0.5) is 5.69 Å². The Kier molecular flexibility index (Phi) is 7.64. The molecule has 1 aromatic carbocycles. The molecule has 0 radical (unpaired) electrons. The van der Waals surface area contributed by atoms with E-state index in [9.17, 15) is 18.0 Å². The number of rotatable bonds is 8. The summed E-state index contributed by atoms with van der Waals surface area (Å²) in [6.07, 6.45) is -0.00133. The minimum Gasteiger partial charge on any atom is -0.452 e. The third kappa shape index (κ3) is 6.43. The van der Waals surface area contributed by atoms with Crippen molar-refractivity contribution in [3.05, 3.63) is 40.3 Å². The van der Waals surface area contributed by atoms with E-state index in [1.165, 1.54) is 25.3 Å². The Labute approximate surface area is 178 Å². The van der Waals surface area contributed by atoms with Crippen molar-refractivity contribution in [3.63, 3.8) is 0 Å². The Morgan fingerprint density at radius 1 is 1.31 bits per heavy atom. The number of hydrogen-bond acceptors (Lipinski definition) is 6. The number of esters is 1. The lowest BCUT2D eigenvalue weighted by Crippen LogP contribution is -2.32. The van der Waals surface area contributed by atoms with E-state index in [0.717, 1.165) is 0 Å². The van der Waals surface area contributed by atoms with E-state index in [1.54, 1.807) is 24.6 Å². The number of nitrogens with one attached hydrogen (secondary N) is 2. The molecule has 0 aliphatic heterocycles. The fourth-order valence-corrected chi connectivity index (χ4v) is 3.68. The van der Waals surface area contributed by atoms with Crippen LogP contribution in [0.3, 0.4) is 0 Å². The minimum atomic E-state index is -3.85. The zero-order chi connectivity index (χ0) is 21.8. The lowest BCUT2D eigenvalue weighted by atomic mass is 10.3. The van der Waals surface area contributed by atoms with Crippen molar-refractivity contribution in [1.82, 2.24) is 14.3 Å². The first-order valence-electron chi connectivity index (χ1n) is 8.44. The van der Waals surface area contributed by atoms with Crippen LogP contribution in [0.1, 0.15) is 19.2 Å². The first kappa shape index (κ1) is 23.1. The van der Waals surface area contributed by atoms with Gasteiger partial charge in [-0.25, -0.2) is 18.1 Å². The number of anilines is 1. The number of sulfonamides is 1. The van der Waals surface area contributed by atoms with Crippen LogP contribution in [0.15, 0.2) is 29.4 Å². The molecule has 0 aliphatic carbocycles. The van der Waals surface area contributed by atoms with Crippen LogP contribution in [0.2, 0.25) is 10.0 Å². The summed E-state index contributed by atoms with van der Waals surface area (Å²) in [6, 6.07) is 4.53. The van der Waals surface area contributed by atoms with Gasteiger partial charge in [0.1, 0.15) is 5.82 Å². The smallest absolute Gasteiger partial charge is 0.307 e. The van der Waals surface area contributed by atoms with Gasteiger partial charge in [-0.05, 0) is 32.0 Å². The lowest BCUT2D eigenvalue weighted by Gasteiger charge is -2.14. The number of hydrogen-bond donors (Lipinski definition) is 2.